The van der Waals surface area contributed by atoms with Crippen LogP contribution in [0.25, 0.3) is 0 Å². The minimum atomic E-state index is -0.0344. The van der Waals surface area contributed by atoms with E-state index in [0.717, 1.165) is 19.3 Å². The number of hydrogen-bond acceptors (Lipinski definition) is 4. The Hall–Kier alpha value is -1.84. The SMILES string of the molecule is CO[C@@H]1CCC[C@@H]1[C@@H]1COCCN1C(=O)c1c[nH]c(C#N)c1. The zero-order valence-electron chi connectivity index (χ0n) is 12.7. The number of nitriles is 1. The van der Waals surface area contributed by atoms with Crippen molar-refractivity contribution in [1.82, 2.24) is 9.88 Å². The number of nitrogens with zero attached hydrogens (tertiary/aromatic N) is 2. The van der Waals surface area contributed by atoms with Crippen LogP contribution >= 0.6 is 0 Å². The number of morpholine rings is 1. The van der Waals surface area contributed by atoms with Gasteiger partial charge in [0, 0.05) is 25.8 Å². The van der Waals surface area contributed by atoms with Gasteiger partial charge in [-0.1, -0.05) is 6.42 Å². The lowest BCUT2D eigenvalue weighted by atomic mass is 9.93. The first-order valence-corrected chi connectivity index (χ1v) is 7.74. The molecule has 1 saturated carbocycles. The fourth-order valence-electron chi connectivity index (χ4n) is 3.67. The second-order valence-electron chi connectivity index (χ2n) is 5.92. The highest BCUT2D eigenvalue weighted by Gasteiger charge is 2.40. The summed E-state index contributed by atoms with van der Waals surface area (Å²) in [4.78, 5) is 17.5. The third-order valence-electron chi connectivity index (χ3n) is 4.78. The lowest BCUT2D eigenvalue weighted by molar-refractivity contribution is -0.0460. The van der Waals surface area contributed by atoms with Gasteiger partial charge in [0.1, 0.15) is 11.8 Å². The van der Waals surface area contributed by atoms with E-state index in [-0.39, 0.29) is 18.1 Å². The Kier molecular flexibility index (Phi) is 4.46. The molecule has 2 fully saturated rings. The van der Waals surface area contributed by atoms with Gasteiger partial charge in [-0.3, -0.25) is 4.79 Å². The molecular weight excluding hydrogens is 282 g/mol. The molecule has 1 aromatic rings. The van der Waals surface area contributed by atoms with Crippen LogP contribution in [0.15, 0.2) is 12.3 Å². The molecule has 2 aliphatic rings. The summed E-state index contributed by atoms with van der Waals surface area (Å²) in [6.07, 6.45) is 5.04. The summed E-state index contributed by atoms with van der Waals surface area (Å²) in [5, 5.41) is 8.89. The number of aromatic nitrogens is 1. The number of amides is 1. The largest absolute Gasteiger partial charge is 0.381 e. The Morgan fingerprint density at radius 1 is 1.55 bits per heavy atom. The molecule has 1 N–H and O–H groups in total. The smallest absolute Gasteiger partial charge is 0.255 e. The number of carbonyl (C=O) groups excluding carboxylic acids is 1. The Morgan fingerprint density at radius 3 is 3.14 bits per heavy atom. The van der Waals surface area contributed by atoms with Crippen LogP contribution in [0.3, 0.4) is 0 Å². The highest BCUT2D eigenvalue weighted by Crippen LogP contribution is 2.34. The minimum absolute atomic E-state index is 0.0344. The Morgan fingerprint density at radius 2 is 2.41 bits per heavy atom. The van der Waals surface area contributed by atoms with Gasteiger partial charge in [0.25, 0.3) is 5.91 Å². The van der Waals surface area contributed by atoms with E-state index in [2.05, 4.69) is 4.98 Å². The number of carbonyl (C=O) groups is 1. The van der Waals surface area contributed by atoms with Gasteiger partial charge in [0.15, 0.2) is 0 Å². The van der Waals surface area contributed by atoms with Gasteiger partial charge in [0.05, 0.1) is 30.9 Å². The predicted molar refractivity (Wildman–Crippen MR) is 79.3 cm³/mol. The first-order valence-electron chi connectivity index (χ1n) is 7.74. The van der Waals surface area contributed by atoms with E-state index < -0.39 is 0 Å². The average Bonchev–Trinajstić information content (AvgIpc) is 3.22. The molecular formula is C16H21N3O3. The van der Waals surface area contributed by atoms with Crippen molar-refractivity contribution in [2.45, 2.75) is 31.4 Å². The van der Waals surface area contributed by atoms with Crippen molar-refractivity contribution >= 4 is 5.91 Å². The molecule has 1 aliphatic carbocycles. The van der Waals surface area contributed by atoms with Crippen LogP contribution in [0.1, 0.15) is 35.3 Å². The summed E-state index contributed by atoms with van der Waals surface area (Å²) >= 11 is 0. The molecule has 0 radical (unpaired) electrons. The maximum absolute atomic E-state index is 12.8. The number of ether oxygens (including phenoxy) is 2. The number of nitrogens with one attached hydrogen (secondary N) is 1. The number of H-pyrrole nitrogens is 1. The van der Waals surface area contributed by atoms with Gasteiger partial charge in [-0.25, -0.2) is 0 Å². The summed E-state index contributed by atoms with van der Waals surface area (Å²) in [6.45, 7) is 1.71. The zero-order chi connectivity index (χ0) is 15.5. The number of rotatable bonds is 3. The summed E-state index contributed by atoms with van der Waals surface area (Å²) in [5.41, 5.74) is 0.944. The van der Waals surface area contributed by atoms with Crippen LogP contribution in [0.4, 0.5) is 0 Å². The minimum Gasteiger partial charge on any atom is -0.381 e. The fraction of sp³-hybridized carbons (Fsp3) is 0.625. The first-order chi connectivity index (χ1) is 10.7. The lowest BCUT2D eigenvalue weighted by Gasteiger charge is -2.40. The molecule has 1 amide bonds. The van der Waals surface area contributed by atoms with Crippen molar-refractivity contribution in [3.8, 4) is 6.07 Å². The van der Waals surface area contributed by atoms with E-state index in [1.807, 2.05) is 11.0 Å². The van der Waals surface area contributed by atoms with Crippen LogP contribution in [0.2, 0.25) is 0 Å². The maximum atomic E-state index is 12.8. The van der Waals surface area contributed by atoms with E-state index in [0.29, 0.717) is 36.9 Å². The molecule has 1 saturated heterocycles. The lowest BCUT2D eigenvalue weighted by Crippen LogP contribution is -2.53. The van der Waals surface area contributed by atoms with Crippen LogP contribution in [0.5, 0.6) is 0 Å². The van der Waals surface area contributed by atoms with Gasteiger partial charge in [-0.2, -0.15) is 5.26 Å². The molecule has 6 nitrogen and oxygen atoms in total. The maximum Gasteiger partial charge on any atom is 0.255 e. The Bertz CT molecular complexity index is 577. The predicted octanol–water partition coefficient (Wildman–Crippen LogP) is 1.54. The summed E-state index contributed by atoms with van der Waals surface area (Å²) in [7, 11) is 1.74. The highest BCUT2D eigenvalue weighted by molar-refractivity contribution is 5.94. The standard InChI is InChI=1S/C16H21N3O3/c1-21-15-4-2-3-13(15)14-10-22-6-5-19(14)16(20)11-7-12(8-17)18-9-11/h7,9,13-15,18H,2-6,10H2,1H3/t13-,14+,15-/m1/s1. The average molecular weight is 303 g/mol. The molecule has 22 heavy (non-hydrogen) atoms. The third kappa shape index (κ3) is 2.74. The van der Waals surface area contributed by atoms with Crippen molar-refractivity contribution in [2.75, 3.05) is 26.9 Å². The van der Waals surface area contributed by atoms with Crippen LogP contribution in [-0.2, 0) is 9.47 Å². The van der Waals surface area contributed by atoms with Crippen molar-refractivity contribution in [2.24, 2.45) is 5.92 Å². The molecule has 118 valence electrons. The van der Waals surface area contributed by atoms with Gasteiger partial charge >= 0.3 is 0 Å². The van der Waals surface area contributed by atoms with E-state index >= 15 is 0 Å². The van der Waals surface area contributed by atoms with Crippen molar-refractivity contribution in [1.29, 1.82) is 5.26 Å². The molecule has 0 aromatic carbocycles. The molecule has 0 spiro atoms. The van der Waals surface area contributed by atoms with Crippen molar-refractivity contribution < 1.29 is 14.3 Å². The molecule has 2 heterocycles. The summed E-state index contributed by atoms with van der Waals surface area (Å²) in [5.74, 6) is 0.288. The first kappa shape index (κ1) is 15.1. The molecule has 0 unspecified atom stereocenters. The second-order valence-corrected chi connectivity index (χ2v) is 5.92. The van der Waals surface area contributed by atoms with Crippen LogP contribution < -0.4 is 0 Å². The highest BCUT2D eigenvalue weighted by atomic mass is 16.5. The monoisotopic (exact) mass is 303 g/mol. The Balaban J connectivity index is 1.80. The quantitative estimate of drug-likeness (QED) is 0.918. The fourth-order valence-corrected chi connectivity index (χ4v) is 3.67. The molecule has 3 atom stereocenters. The van der Waals surface area contributed by atoms with E-state index in [1.165, 1.54) is 0 Å². The molecule has 0 bridgehead atoms. The van der Waals surface area contributed by atoms with Gasteiger partial charge in [-0.05, 0) is 18.9 Å². The normalized spacial score (nSPS) is 28.5. The molecule has 1 aliphatic heterocycles. The number of hydrogen-bond donors (Lipinski definition) is 1. The summed E-state index contributed by atoms with van der Waals surface area (Å²) < 4.78 is 11.2. The van der Waals surface area contributed by atoms with Gasteiger partial charge < -0.3 is 19.4 Å². The van der Waals surface area contributed by atoms with Crippen LogP contribution in [0, 0.1) is 17.2 Å². The molecule has 6 heteroatoms. The molecule has 3 rings (SSSR count). The zero-order valence-corrected chi connectivity index (χ0v) is 12.7. The van der Waals surface area contributed by atoms with E-state index in [4.69, 9.17) is 14.7 Å². The second kappa shape index (κ2) is 6.51. The summed E-state index contributed by atoms with van der Waals surface area (Å²) in [6, 6.07) is 3.68. The Labute approximate surface area is 130 Å². The van der Waals surface area contributed by atoms with Crippen molar-refractivity contribution in [3.63, 3.8) is 0 Å². The van der Waals surface area contributed by atoms with E-state index in [1.54, 1.807) is 19.4 Å². The van der Waals surface area contributed by atoms with Crippen molar-refractivity contribution in [3.05, 3.63) is 23.5 Å². The van der Waals surface area contributed by atoms with Gasteiger partial charge in [0.2, 0.25) is 0 Å². The third-order valence-corrected chi connectivity index (χ3v) is 4.78. The van der Waals surface area contributed by atoms with Crippen LogP contribution in [-0.4, -0.2) is 54.8 Å². The van der Waals surface area contributed by atoms with Gasteiger partial charge in [-0.15, -0.1) is 0 Å². The van der Waals surface area contributed by atoms with E-state index in [9.17, 15) is 4.79 Å². The number of methoxy groups -OCH3 is 1. The number of aromatic amines is 1. The molecule has 1 aromatic heterocycles. The topological polar surface area (TPSA) is 78.3 Å².